The fraction of sp³-hybridized carbons (Fsp3) is 0.636. The highest BCUT2D eigenvalue weighted by Gasteiger charge is 2.34. The van der Waals surface area contributed by atoms with Crippen molar-refractivity contribution in [1.82, 2.24) is 15.3 Å². The van der Waals surface area contributed by atoms with Gasteiger partial charge in [0.15, 0.2) is 0 Å². The number of piperidine rings is 1. The van der Waals surface area contributed by atoms with Crippen LogP contribution in [0.1, 0.15) is 36.0 Å². The van der Waals surface area contributed by atoms with E-state index in [1.54, 1.807) is 0 Å². The molecule has 0 unspecified atom stereocenters. The number of rotatable bonds is 1. The van der Waals surface area contributed by atoms with Crippen molar-refractivity contribution in [3.8, 4) is 0 Å². The van der Waals surface area contributed by atoms with Crippen molar-refractivity contribution in [2.24, 2.45) is 0 Å². The van der Waals surface area contributed by atoms with Crippen LogP contribution in [-0.2, 0) is 6.18 Å². The molecule has 1 aliphatic heterocycles. The van der Waals surface area contributed by atoms with Gasteiger partial charge in [0, 0.05) is 18.2 Å². The molecule has 0 amide bonds. The smallest absolute Gasteiger partial charge is 0.316 e. The zero-order valence-corrected chi connectivity index (χ0v) is 9.51. The van der Waals surface area contributed by atoms with Gasteiger partial charge in [-0.15, -0.1) is 0 Å². The third-order valence-electron chi connectivity index (χ3n) is 2.86. The predicted molar refractivity (Wildman–Crippen MR) is 56.6 cm³/mol. The van der Waals surface area contributed by atoms with E-state index in [-0.39, 0.29) is 11.7 Å². The van der Waals surface area contributed by atoms with Crippen LogP contribution in [0.15, 0.2) is 6.07 Å². The largest absolute Gasteiger partial charge is 0.433 e. The first-order valence-electron chi connectivity index (χ1n) is 5.60. The molecule has 1 atom stereocenters. The van der Waals surface area contributed by atoms with Gasteiger partial charge in [-0.3, -0.25) is 0 Å². The summed E-state index contributed by atoms with van der Waals surface area (Å²) in [5.41, 5.74) is -0.345. The molecule has 0 bridgehead atoms. The topological polar surface area (TPSA) is 37.8 Å². The van der Waals surface area contributed by atoms with Gasteiger partial charge >= 0.3 is 6.18 Å². The molecule has 3 nitrogen and oxygen atoms in total. The lowest BCUT2D eigenvalue weighted by atomic mass is 9.95. The molecular formula is C11H14F3N3. The SMILES string of the molecule is Cc1nc([C@H]2CCCNC2)cc(C(F)(F)F)n1. The molecule has 1 fully saturated rings. The monoisotopic (exact) mass is 245 g/mol. The lowest BCUT2D eigenvalue weighted by Crippen LogP contribution is -2.29. The average molecular weight is 245 g/mol. The Morgan fingerprint density at radius 2 is 2.12 bits per heavy atom. The average Bonchev–Trinajstić information content (AvgIpc) is 2.28. The summed E-state index contributed by atoms with van der Waals surface area (Å²) in [7, 11) is 0. The summed E-state index contributed by atoms with van der Waals surface area (Å²) >= 11 is 0. The van der Waals surface area contributed by atoms with E-state index in [9.17, 15) is 13.2 Å². The maximum absolute atomic E-state index is 12.6. The highest BCUT2D eigenvalue weighted by molar-refractivity contribution is 5.18. The molecule has 94 valence electrons. The molecule has 6 heteroatoms. The second-order valence-electron chi connectivity index (χ2n) is 4.27. The minimum absolute atomic E-state index is 0.0616. The van der Waals surface area contributed by atoms with Crippen LogP contribution in [-0.4, -0.2) is 23.1 Å². The van der Waals surface area contributed by atoms with Crippen molar-refractivity contribution < 1.29 is 13.2 Å². The summed E-state index contributed by atoms with van der Waals surface area (Å²) < 4.78 is 37.8. The first kappa shape index (κ1) is 12.3. The number of nitrogens with zero attached hydrogens (tertiary/aromatic N) is 2. The highest BCUT2D eigenvalue weighted by atomic mass is 19.4. The Morgan fingerprint density at radius 1 is 1.35 bits per heavy atom. The van der Waals surface area contributed by atoms with Gasteiger partial charge in [-0.1, -0.05) is 0 Å². The quantitative estimate of drug-likeness (QED) is 0.824. The minimum Gasteiger partial charge on any atom is -0.316 e. The van der Waals surface area contributed by atoms with Gasteiger partial charge in [-0.25, -0.2) is 9.97 Å². The Balaban J connectivity index is 2.31. The molecule has 0 aliphatic carbocycles. The Morgan fingerprint density at radius 3 is 2.71 bits per heavy atom. The third kappa shape index (κ3) is 2.94. The van der Waals surface area contributed by atoms with E-state index in [4.69, 9.17) is 0 Å². The maximum atomic E-state index is 12.6. The summed E-state index contributed by atoms with van der Waals surface area (Å²) in [6.07, 6.45) is -2.56. The number of nitrogens with one attached hydrogen (secondary N) is 1. The van der Waals surface area contributed by atoms with Crippen LogP contribution in [0.2, 0.25) is 0 Å². The van der Waals surface area contributed by atoms with Gasteiger partial charge in [0.25, 0.3) is 0 Å². The third-order valence-corrected chi connectivity index (χ3v) is 2.86. The molecule has 2 rings (SSSR count). The number of aromatic nitrogens is 2. The Labute approximate surface area is 97.5 Å². The molecule has 1 N–H and O–H groups in total. The molecule has 0 radical (unpaired) electrons. The van der Waals surface area contributed by atoms with Crippen molar-refractivity contribution in [1.29, 1.82) is 0 Å². The van der Waals surface area contributed by atoms with Gasteiger partial charge in [0.05, 0.1) is 0 Å². The van der Waals surface area contributed by atoms with Crippen LogP contribution in [0, 0.1) is 6.92 Å². The van der Waals surface area contributed by atoms with Crippen LogP contribution < -0.4 is 5.32 Å². The molecule has 1 aliphatic rings. The Bertz CT molecular complexity index is 397. The van der Waals surface area contributed by atoms with Crippen molar-refractivity contribution in [2.45, 2.75) is 31.9 Å². The second kappa shape index (κ2) is 4.60. The van der Waals surface area contributed by atoms with E-state index in [1.165, 1.54) is 6.92 Å². The van der Waals surface area contributed by atoms with E-state index in [1.807, 2.05) is 0 Å². The van der Waals surface area contributed by atoms with Crippen molar-refractivity contribution in [3.63, 3.8) is 0 Å². The molecule has 0 saturated carbocycles. The summed E-state index contributed by atoms with van der Waals surface area (Å²) in [5, 5.41) is 3.17. The summed E-state index contributed by atoms with van der Waals surface area (Å²) in [6.45, 7) is 3.11. The normalized spacial score (nSPS) is 21.5. The van der Waals surface area contributed by atoms with E-state index < -0.39 is 11.9 Å². The summed E-state index contributed by atoms with van der Waals surface area (Å²) in [6, 6.07) is 1.07. The van der Waals surface area contributed by atoms with Crippen LogP contribution >= 0.6 is 0 Å². The molecule has 0 aromatic carbocycles. The maximum Gasteiger partial charge on any atom is 0.433 e. The van der Waals surface area contributed by atoms with Crippen molar-refractivity contribution >= 4 is 0 Å². The van der Waals surface area contributed by atoms with Crippen LogP contribution in [0.3, 0.4) is 0 Å². The second-order valence-corrected chi connectivity index (χ2v) is 4.27. The minimum atomic E-state index is -4.40. The number of alkyl halides is 3. The number of aryl methyl sites for hydroxylation is 1. The molecule has 1 saturated heterocycles. The van der Waals surface area contributed by atoms with Gasteiger partial charge in [0.2, 0.25) is 0 Å². The van der Waals surface area contributed by atoms with Crippen molar-refractivity contribution in [3.05, 3.63) is 23.3 Å². The van der Waals surface area contributed by atoms with E-state index >= 15 is 0 Å². The fourth-order valence-electron chi connectivity index (χ4n) is 2.05. The van der Waals surface area contributed by atoms with Crippen LogP contribution in [0.25, 0.3) is 0 Å². The number of halogens is 3. The molecule has 17 heavy (non-hydrogen) atoms. The summed E-state index contributed by atoms with van der Waals surface area (Å²) in [4.78, 5) is 7.56. The van der Waals surface area contributed by atoms with E-state index in [0.717, 1.165) is 25.5 Å². The first-order valence-corrected chi connectivity index (χ1v) is 5.60. The van der Waals surface area contributed by atoms with Gasteiger partial charge in [-0.2, -0.15) is 13.2 Å². The van der Waals surface area contributed by atoms with Gasteiger partial charge in [-0.05, 0) is 32.4 Å². The summed E-state index contributed by atoms with van der Waals surface area (Å²) in [5.74, 6) is 0.243. The van der Waals surface area contributed by atoms with Crippen LogP contribution in [0.5, 0.6) is 0 Å². The Hall–Kier alpha value is -1.17. The Kier molecular flexibility index (Phi) is 3.33. The number of hydrogen-bond acceptors (Lipinski definition) is 3. The molecule has 1 aromatic heterocycles. The zero-order valence-electron chi connectivity index (χ0n) is 9.51. The zero-order chi connectivity index (χ0) is 12.5. The number of hydrogen-bond donors (Lipinski definition) is 1. The highest BCUT2D eigenvalue weighted by Crippen LogP contribution is 2.30. The molecule has 1 aromatic rings. The van der Waals surface area contributed by atoms with Gasteiger partial charge in [0.1, 0.15) is 11.5 Å². The van der Waals surface area contributed by atoms with E-state index in [2.05, 4.69) is 15.3 Å². The molecular weight excluding hydrogens is 231 g/mol. The lowest BCUT2D eigenvalue weighted by Gasteiger charge is -2.23. The predicted octanol–water partition coefficient (Wildman–Crippen LogP) is 2.27. The fourth-order valence-corrected chi connectivity index (χ4v) is 2.05. The molecule has 0 spiro atoms. The van der Waals surface area contributed by atoms with E-state index in [0.29, 0.717) is 12.2 Å². The standard InChI is InChI=1S/C11H14F3N3/c1-7-16-9(8-3-2-4-15-6-8)5-10(17-7)11(12,13)14/h5,8,15H,2-4,6H2,1H3/t8-/m0/s1. The van der Waals surface area contributed by atoms with Crippen molar-refractivity contribution in [2.75, 3.05) is 13.1 Å². The lowest BCUT2D eigenvalue weighted by molar-refractivity contribution is -0.141. The molecule has 2 heterocycles. The van der Waals surface area contributed by atoms with Crippen LogP contribution in [0.4, 0.5) is 13.2 Å². The first-order chi connectivity index (χ1) is 7.97. The van der Waals surface area contributed by atoms with Gasteiger partial charge < -0.3 is 5.32 Å².